The number of phenolic OH excluding ortho intramolecular Hbond substituents is 1. The summed E-state index contributed by atoms with van der Waals surface area (Å²) in [4.78, 5) is 0. The van der Waals surface area contributed by atoms with E-state index in [-0.39, 0.29) is 31.1 Å². The summed E-state index contributed by atoms with van der Waals surface area (Å²) in [5.41, 5.74) is -1.23. The van der Waals surface area contributed by atoms with Gasteiger partial charge < -0.3 is 29.9 Å². The Bertz CT molecular complexity index is 722. The van der Waals surface area contributed by atoms with Gasteiger partial charge in [0, 0.05) is 12.1 Å². The Hall–Kier alpha value is -2.58. The van der Waals surface area contributed by atoms with Crippen molar-refractivity contribution < 1.29 is 38.7 Å². The zero-order chi connectivity index (χ0) is 19.2. The molecule has 0 saturated carbocycles. The van der Waals surface area contributed by atoms with E-state index in [4.69, 9.17) is 14.6 Å². The average Bonchev–Trinajstić information content (AvgIpc) is 2.80. The lowest BCUT2D eigenvalue weighted by atomic mass is 9.92. The summed E-state index contributed by atoms with van der Waals surface area (Å²) in [6, 6.07) is 3.42. The van der Waals surface area contributed by atoms with Gasteiger partial charge in [-0.3, -0.25) is 0 Å². The molecule has 0 aliphatic heterocycles. The molecule has 6 nitrogen and oxygen atoms in total. The predicted octanol–water partition coefficient (Wildman–Crippen LogP) is 2.48. The van der Waals surface area contributed by atoms with Crippen molar-refractivity contribution in [2.24, 2.45) is 5.41 Å². The Morgan fingerprint density at radius 3 is 2.35 bits per heavy atom. The van der Waals surface area contributed by atoms with Gasteiger partial charge in [-0.2, -0.15) is 0 Å². The maximum atomic E-state index is 13.6. The number of benzene rings is 1. The van der Waals surface area contributed by atoms with Gasteiger partial charge in [-0.05, 0) is 30.7 Å². The van der Waals surface area contributed by atoms with Crippen LogP contribution in [-0.2, 0) is 4.74 Å². The SMILES string of the molecule is OCC(CO)(COC1=CCC=C(O)C(F)=C1)COc1ccc(O)c(F)c1. The highest BCUT2D eigenvalue weighted by Gasteiger charge is 2.32. The minimum Gasteiger partial charge on any atom is -0.505 e. The maximum absolute atomic E-state index is 13.6. The molecule has 2 rings (SSSR count). The summed E-state index contributed by atoms with van der Waals surface area (Å²) in [7, 11) is 0. The second-order valence-corrected chi connectivity index (χ2v) is 5.93. The van der Waals surface area contributed by atoms with Crippen LogP contribution >= 0.6 is 0 Å². The lowest BCUT2D eigenvalue weighted by molar-refractivity contribution is -0.0340. The molecule has 8 heteroatoms. The number of allylic oxidation sites excluding steroid dienone is 4. The van der Waals surface area contributed by atoms with Crippen LogP contribution in [0.3, 0.4) is 0 Å². The number of halogens is 2. The summed E-state index contributed by atoms with van der Waals surface area (Å²) in [6.45, 7) is -1.44. The van der Waals surface area contributed by atoms with Crippen LogP contribution in [0, 0.1) is 11.2 Å². The van der Waals surface area contributed by atoms with Crippen molar-refractivity contribution in [3.05, 3.63) is 59.6 Å². The van der Waals surface area contributed by atoms with Crippen LogP contribution < -0.4 is 4.74 Å². The van der Waals surface area contributed by atoms with Crippen molar-refractivity contribution in [3.8, 4) is 11.5 Å². The van der Waals surface area contributed by atoms with E-state index in [2.05, 4.69) is 0 Å². The van der Waals surface area contributed by atoms with Crippen LogP contribution in [0.1, 0.15) is 6.42 Å². The van der Waals surface area contributed by atoms with E-state index in [1.807, 2.05) is 0 Å². The van der Waals surface area contributed by atoms with Crippen LogP contribution in [0.15, 0.2) is 53.8 Å². The van der Waals surface area contributed by atoms with Gasteiger partial charge in [-0.15, -0.1) is 0 Å². The van der Waals surface area contributed by atoms with Crippen molar-refractivity contribution in [3.63, 3.8) is 0 Å². The number of hydrogen-bond donors (Lipinski definition) is 4. The molecule has 0 radical (unpaired) electrons. The molecule has 0 unspecified atom stereocenters. The highest BCUT2D eigenvalue weighted by Crippen LogP contribution is 2.26. The fraction of sp³-hybridized carbons (Fsp3) is 0.333. The van der Waals surface area contributed by atoms with Gasteiger partial charge in [0.05, 0.1) is 18.6 Å². The number of ether oxygens (including phenoxy) is 2. The first-order valence-corrected chi connectivity index (χ1v) is 7.82. The number of aromatic hydroxyl groups is 1. The second kappa shape index (κ2) is 8.68. The molecule has 0 fully saturated rings. The van der Waals surface area contributed by atoms with E-state index in [1.54, 1.807) is 0 Å². The van der Waals surface area contributed by atoms with Crippen LogP contribution in [0.4, 0.5) is 8.78 Å². The monoisotopic (exact) mass is 370 g/mol. The molecule has 4 N–H and O–H groups in total. The molecule has 0 spiro atoms. The van der Waals surface area contributed by atoms with Crippen molar-refractivity contribution in [2.75, 3.05) is 26.4 Å². The molecule has 0 saturated heterocycles. The number of aliphatic hydroxyl groups is 3. The van der Waals surface area contributed by atoms with Crippen LogP contribution in [-0.4, -0.2) is 46.9 Å². The van der Waals surface area contributed by atoms with E-state index in [1.165, 1.54) is 18.2 Å². The molecule has 142 valence electrons. The van der Waals surface area contributed by atoms with Gasteiger partial charge in [0.15, 0.2) is 17.4 Å². The van der Waals surface area contributed by atoms with E-state index >= 15 is 0 Å². The van der Waals surface area contributed by atoms with Crippen molar-refractivity contribution in [2.45, 2.75) is 6.42 Å². The molecule has 0 heterocycles. The molecule has 0 amide bonds. The van der Waals surface area contributed by atoms with Gasteiger partial charge in [0.25, 0.3) is 0 Å². The first-order chi connectivity index (χ1) is 12.4. The Kier molecular flexibility index (Phi) is 6.59. The van der Waals surface area contributed by atoms with Gasteiger partial charge in [-0.1, -0.05) is 0 Å². The Morgan fingerprint density at radius 1 is 1.00 bits per heavy atom. The zero-order valence-corrected chi connectivity index (χ0v) is 13.9. The van der Waals surface area contributed by atoms with Gasteiger partial charge >= 0.3 is 0 Å². The summed E-state index contributed by atoms with van der Waals surface area (Å²) in [6.07, 6.45) is 4.04. The lowest BCUT2D eigenvalue weighted by Crippen LogP contribution is -2.40. The molecule has 26 heavy (non-hydrogen) atoms. The molecule has 1 aromatic carbocycles. The fourth-order valence-electron chi connectivity index (χ4n) is 2.07. The third kappa shape index (κ3) is 4.96. The third-order valence-corrected chi connectivity index (χ3v) is 3.82. The highest BCUT2D eigenvalue weighted by molar-refractivity contribution is 5.32. The topological polar surface area (TPSA) is 99.4 Å². The minimum atomic E-state index is -1.23. The smallest absolute Gasteiger partial charge is 0.168 e. The predicted molar refractivity (Wildman–Crippen MR) is 88.7 cm³/mol. The van der Waals surface area contributed by atoms with Gasteiger partial charge in [-0.25, -0.2) is 8.78 Å². The summed E-state index contributed by atoms with van der Waals surface area (Å²) < 4.78 is 37.7. The van der Waals surface area contributed by atoms with Crippen molar-refractivity contribution >= 4 is 0 Å². The fourth-order valence-corrected chi connectivity index (χ4v) is 2.07. The lowest BCUT2D eigenvalue weighted by Gasteiger charge is -2.29. The normalized spacial score (nSPS) is 14.8. The van der Waals surface area contributed by atoms with Crippen molar-refractivity contribution in [1.82, 2.24) is 0 Å². The Labute approximate surface area is 148 Å². The highest BCUT2D eigenvalue weighted by atomic mass is 19.1. The first-order valence-electron chi connectivity index (χ1n) is 7.82. The van der Waals surface area contributed by atoms with E-state index < -0.39 is 41.8 Å². The minimum absolute atomic E-state index is 0.0975. The second-order valence-electron chi connectivity index (χ2n) is 5.93. The third-order valence-electron chi connectivity index (χ3n) is 3.82. The zero-order valence-electron chi connectivity index (χ0n) is 13.9. The summed E-state index contributed by atoms with van der Waals surface area (Å²) in [5, 5.41) is 37.8. The first kappa shape index (κ1) is 19.7. The van der Waals surface area contributed by atoms with E-state index in [0.29, 0.717) is 0 Å². The Balaban J connectivity index is 2.02. The number of aliphatic hydroxyl groups excluding tert-OH is 3. The van der Waals surface area contributed by atoms with Crippen molar-refractivity contribution in [1.29, 1.82) is 0 Å². The molecular formula is C18H20F2O6. The summed E-state index contributed by atoms with van der Waals surface area (Å²) in [5.74, 6) is -2.52. The number of hydrogen-bond acceptors (Lipinski definition) is 6. The molecular weight excluding hydrogens is 350 g/mol. The quantitative estimate of drug-likeness (QED) is 0.561. The van der Waals surface area contributed by atoms with Gasteiger partial charge in [0.1, 0.15) is 30.5 Å². The van der Waals surface area contributed by atoms with Crippen LogP contribution in [0.25, 0.3) is 0 Å². The molecule has 1 aliphatic rings. The molecule has 1 aliphatic carbocycles. The summed E-state index contributed by atoms with van der Waals surface area (Å²) >= 11 is 0. The largest absolute Gasteiger partial charge is 0.505 e. The van der Waals surface area contributed by atoms with Crippen LogP contribution in [0.5, 0.6) is 11.5 Å². The molecule has 0 aromatic heterocycles. The molecule has 1 aromatic rings. The standard InChI is InChI=1S/C18H20F2O6/c19-14-6-12(2-1-3-16(14)23)25-10-18(8-21,9-22)11-26-13-4-5-17(24)15(20)7-13/h2-7,21-24H,1,8-11H2. The van der Waals surface area contributed by atoms with E-state index in [0.717, 1.165) is 18.2 Å². The average molecular weight is 370 g/mol. The Morgan fingerprint density at radius 2 is 1.69 bits per heavy atom. The molecule has 0 atom stereocenters. The number of phenols is 1. The maximum Gasteiger partial charge on any atom is 0.168 e. The van der Waals surface area contributed by atoms with Crippen LogP contribution in [0.2, 0.25) is 0 Å². The molecule has 0 bridgehead atoms. The number of rotatable bonds is 8. The van der Waals surface area contributed by atoms with E-state index in [9.17, 15) is 24.1 Å². The van der Waals surface area contributed by atoms with Gasteiger partial charge in [0.2, 0.25) is 0 Å².